The number of nitrogens with zero attached hydrogens (tertiary/aromatic N) is 5. The van der Waals surface area contributed by atoms with Gasteiger partial charge < -0.3 is 10.6 Å². The Labute approximate surface area is 187 Å². The first-order valence-corrected chi connectivity index (χ1v) is 11.6. The molecule has 1 aliphatic rings. The highest BCUT2D eigenvalue weighted by Gasteiger charge is 2.25. The van der Waals surface area contributed by atoms with Crippen LogP contribution in [0.5, 0.6) is 0 Å². The number of aromatic nitrogens is 2. The quantitative estimate of drug-likeness (QED) is 0.538. The fourth-order valence-corrected chi connectivity index (χ4v) is 5.32. The van der Waals surface area contributed by atoms with Crippen LogP contribution in [0.15, 0.2) is 34.7 Å². The van der Waals surface area contributed by atoms with Crippen LogP contribution in [0.3, 0.4) is 0 Å². The number of thiazole rings is 1. The van der Waals surface area contributed by atoms with Crippen LogP contribution in [0.4, 0.5) is 11.5 Å². The van der Waals surface area contributed by atoms with E-state index in [1.807, 2.05) is 29.6 Å². The Morgan fingerprint density at radius 1 is 1.10 bits per heavy atom. The van der Waals surface area contributed by atoms with Gasteiger partial charge in [-0.1, -0.05) is 35.5 Å². The Morgan fingerprint density at radius 3 is 2.47 bits per heavy atom. The third-order valence-corrected chi connectivity index (χ3v) is 7.01. The van der Waals surface area contributed by atoms with Crippen molar-refractivity contribution in [3.05, 3.63) is 51.5 Å². The van der Waals surface area contributed by atoms with Gasteiger partial charge in [-0.3, -0.25) is 0 Å². The topological polar surface area (TPSA) is 103 Å². The summed E-state index contributed by atoms with van der Waals surface area (Å²) in [5.74, 6) is 0.720. The molecule has 30 heavy (non-hydrogen) atoms. The SMILES string of the molecule is N#Cc1c(N)nc(SCc2csc(-c3ccc(Cl)cc3)n2)c(C#N)c1N1CCCC1. The molecule has 3 heterocycles. The molecule has 0 spiro atoms. The lowest BCUT2D eigenvalue weighted by Gasteiger charge is -2.22. The molecule has 6 nitrogen and oxygen atoms in total. The van der Waals surface area contributed by atoms with Crippen LogP contribution in [0.1, 0.15) is 29.7 Å². The van der Waals surface area contributed by atoms with Crippen LogP contribution >= 0.6 is 34.7 Å². The number of nitriles is 2. The zero-order valence-electron chi connectivity index (χ0n) is 15.9. The third kappa shape index (κ3) is 4.08. The fourth-order valence-electron chi connectivity index (χ4n) is 3.38. The minimum atomic E-state index is 0.168. The summed E-state index contributed by atoms with van der Waals surface area (Å²) < 4.78 is 0. The first-order valence-electron chi connectivity index (χ1n) is 9.32. The number of hydrogen-bond acceptors (Lipinski definition) is 8. The van der Waals surface area contributed by atoms with E-state index in [-0.39, 0.29) is 11.4 Å². The molecule has 3 aromatic rings. The van der Waals surface area contributed by atoms with Crippen LogP contribution in [0, 0.1) is 22.7 Å². The molecule has 0 saturated carbocycles. The molecule has 9 heteroatoms. The molecule has 2 aromatic heterocycles. The van der Waals surface area contributed by atoms with Crippen molar-refractivity contribution in [2.24, 2.45) is 0 Å². The average Bonchev–Trinajstić information content (AvgIpc) is 3.44. The van der Waals surface area contributed by atoms with Gasteiger partial charge in [-0.25, -0.2) is 9.97 Å². The van der Waals surface area contributed by atoms with Crippen molar-refractivity contribution in [1.29, 1.82) is 10.5 Å². The third-order valence-electron chi connectivity index (χ3n) is 4.81. The summed E-state index contributed by atoms with van der Waals surface area (Å²) in [6, 6.07) is 12.0. The standard InChI is InChI=1S/C21H17ClN6S2/c22-14-5-3-13(4-6-14)20-26-15(11-29-20)12-30-21-17(10-24)18(28-7-1-2-8-28)16(9-23)19(25)27-21/h3-6,11H,1-2,7-8,12H2,(H2,25,27). The van der Waals surface area contributed by atoms with Crippen molar-refractivity contribution in [3.8, 4) is 22.7 Å². The van der Waals surface area contributed by atoms with Crippen molar-refractivity contribution in [3.63, 3.8) is 0 Å². The zero-order valence-corrected chi connectivity index (χ0v) is 18.3. The Hall–Kier alpha value is -2.78. The van der Waals surface area contributed by atoms with Gasteiger partial charge in [0.1, 0.15) is 39.1 Å². The number of nitrogens with two attached hydrogens (primary N) is 1. The lowest BCUT2D eigenvalue weighted by atomic mass is 10.1. The number of anilines is 2. The molecule has 0 amide bonds. The lowest BCUT2D eigenvalue weighted by molar-refractivity contribution is 0.946. The highest BCUT2D eigenvalue weighted by Crippen LogP contribution is 2.37. The van der Waals surface area contributed by atoms with E-state index >= 15 is 0 Å². The van der Waals surface area contributed by atoms with Gasteiger partial charge in [-0.2, -0.15) is 10.5 Å². The normalized spacial score (nSPS) is 13.2. The van der Waals surface area contributed by atoms with Crippen molar-refractivity contribution in [2.75, 3.05) is 23.7 Å². The van der Waals surface area contributed by atoms with Crippen LogP contribution in [-0.4, -0.2) is 23.1 Å². The van der Waals surface area contributed by atoms with Gasteiger partial charge in [0.25, 0.3) is 0 Å². The highest BCUT2D eigenvalue weighted by molar-refractivity contribution is 7.98. The predicted molar refractivity (Wildman–Crippen MR) is 122 cm³/mol. The predicted octanol–water partition coefficient (Wildman–Crippen LogP) is 5.08. The van der Waals surface area contributed by atoms with Crippen molar-refractivity contribution in [1.82, 2.24) is 9.97 Å². The summed E-state index contributed by atoms with van der Waals surface area (Å²) in [4.78, 5) is 11.1. The van der Waals surface area contributed by atoms with E-state index in [0.29, 0.717) is 27.1 Å². The minimum Gasteiger partial charge on any atom is -0.382 e. The molecule has 0 atom stereocenters. The van der Waals surface area contributed by atoms with Gasteiger partial charge in [0, 0.05) is 34.8 Å². The summed E-state index contributed by atoms with van der Waals surface area (Å²) in [5.41, 5.74) is 9.31. The number of halogens is 1. The van der Waals surface area contributed by atoms with Crippen molar-refractivity contribution in [2.45, 2.75) is 23.6 Å². The molecule has 1 saturated heterocycles. The molecule has 0 aliphatic carbocycles. The summed E-state index contributed by atoms with van der Waals surface area (Å²) in [6.45, 7) is 1.63. The molecule has 0 bridgehead atoms. The van der Waals surface area contributed by atoms with Crippen molar-refractivity contribution >= 4 is 46.2 Å². The van der Waals surface area contributed by atoms with Crippen molar-refractivity contribution < 1.29 is 0 Å². The van der Waals surface area contributed by atoms with Crippen LogP contribution < -0.4 is 10.6 Å². The van der Waals surface area contributed by atoms with Gasteiger partial charge in [0.05, 0.1) is 11.4 Å². The molecular weight excluding hydrogens is 436 g/mol. The van der Waals surface area contributed by atoms with Gasteiger partial charge >= 0.3 is 0 Å². The molecule has 150 valence electrons. The molecule has 4 rings (SSSR count). The van der Waals surface area contributed by atoms with Gasteiger partial charge in [0.2, 0.25) is 0 Å². The van der Waals surface area contributed by atoms with E-state index in [2.05, 4.69) is 27.0 Å². The number of benzene rings is 1. The molecule has 1 aliphatic heterocycles. The Kier molecular flexibility index (Phi) is 6.10. The number of pyridine rings is 1. The summed E-state index contributed by atoms with van der Waals surface area (Å²) in [7, 11) is 0. The fraction of sp³-hybridized carbons (Fsp3) is 0.238. The maximum atomic E-state index is 9.84. The van der Waals surface area contributed by atoms with Gasteiger partial charge in [0.15, 0.2) is 0 Å². The molecule has 0 radical (unpaired) electrons. The van der Waals surface area contributed by atoms with Crippen LogP contribution in [-0.2, 0) is 5.75 Å². The minimum absolute atomic E-state index is 0.168. The van der Waals surface area contributed by atoms with E-state index in [1.165, 1.54) is 11.8 Å². The summed E-state index contributed by atoms with van der Waals surface area (Å²) in [5, 5.41) is 23.5. The van der Waals surface area contributed by atoms with Gasteiger partial charge in [-0.15, -0.1) is 11.3 Å². The molecule has 2 N–H and O–H groups in total. The lowest BCUT2D eigenvalue weighted by Crippen LogP contribution is -2.21. The van der Waals surface area contributed by atoms with Crippen LogP contribution in [0.2, 0.25) is 5.02 Å². The molecule has 1 fully saturated rings. The first-order chi connectivity index (χ1) is 14.6. The molecular formula is C21H17ClN6S2. The highest BCUT2D eigenvalue weighted by atomic mass is 35.5. The second-order valence-electron chi connectivity index (χ2n) is 6.76. The maximum absolute atomic E-state index is 9.84. The summed E-state index contributed by atoms with van der Waals surface area (Å²) >= 11 is 8.93. The Balaban J connectivity index is 1.60. The Morgan fingerprint density at radius 2 is 1.80 bits per heavy atom. The number of rotatable bonds is 5. The zero-order chi connectivity index (χ0) is 21.1. The number of thioether (sulfide) groups is 1. The van der Waals surface area contributed by atoms with E-state index in [9.17, 15) is 10.5 Å². The van der Waals surface area contributed by atoms with Crippen LogP contribution in [0.25, 0.3) is 10.6 Å². The Bertz CT molecular complexity index is 1150. The summed E-state index contributed by atoms with van der Waals surface area (Å²) in [6.07, 6.45) is 2.07. The van der Waals surface area contributed by atoms with E-state index in [1.54, 1.807) is 11.3 Å². The second-order valence-corrected chi connectivity index (χ2v) is 9.02. The van der Waals surface area contributed by atoms with Gasteiger partial charge in [-0.05, 0) is 25.0 Å². The first kappa shape index (κ1) is 20.5. The average molecular weight is 453 g/mol. The maximum Gasteiger partial charge on any atom is 0.144 e. The second kappa shape index (κ2) is 8.93. The van der Waals surface area contributed by atoms with E-state index in [0.717, 1.165) is 42.2 Å². The van der Waals surface area contributed by atoms with E-state index in [4.69, 9.17) is 17.3 Å². The monoisotopic (exact) mass is 452 g/mol. The number of hydrogen-bond donors (Lipinski definition) is 1. The smallest absolute Gasteiger partial charge is 0.144 e. The number of nitrogen functional groups attached to an aromatic ring is 1. The van der Waals surface area contributed by atoms with E-state index < -0.39 is 0 Å². The molecule has 0 unspecified atom stereocenters. The largest absolute Gasteiger partial charge is 0.382 e. The molecule has 1 aromatic carbocycles.